The molecule has 0 aliphatic heterocycles. The minimum atomic E-state index is 0.537. The van der Waals surface area contributed by atoms with E-state index in [1.54, 1.807) is 12.4 Å². The van der Waals surface area contributed by atoms with Crippen LogP contribution in [0, 0.1) is 6.92 Å². The van der Waals surface area contributed by atoms with Gasteiger partial charge in [0.1, 0.15) is 11.5 Å². The molecule has 0 saturated carbocycles. The molecule has 5 nitrogen and oxygen atoms in total. The summed E-state index contributed by atoms with van der Waals surface area (Å²) in [6.07, 6.45) is 3.22. The number of aryl methyl sites for hydroxylation is 1. The zero-order chi connectivity index (χ0) is 14.5. The minimum absolute atomic E-state index is 0.537. The first-order valence-electron chi connectivity index (χ1n) is 6.47. The maximum Gasteiger partial charge on any atom is 0.225 e. The summed E-state index contributed by atoms with van der Waals surface area (Å²) in [5.74, 6) is 2.47. The summed E-state index contributed by atoms with van der Waals surface area (Å²) in [5.41, 5.74) is 0. The van der Waals surface area contributed by atoms with Gasteiger partial charge in [-0.15, -0.1) is 0 Å². The lowest BCUT2D eigenvalue weighted by atomic mass is 10.4. The molecule has 0 saturated heterocycles. The second-order valence-electron chi connectivity index (χ2n) is 4.94. The molecule has 0 atom stereocenters. The molecule has 2 rings (SSSR count). The Hall–Kier alpha value is -1.59. The van der Waals surface area contributed by atoms with Crippen LogP contribution in [0.5, 0.6) is 0 Å². The van der Waals surface area contributed by atoms with E-state index in [1.807, 2.05) is 33.2 Å². The average Bonchev–Trinajstić information content (AvgIpc) is 2.81. The molecule has 0 aliphatic rings. The quantitative estimate of drug-likeness (QED) is 0.819. The summed E-state index contributed by atoms with van der Waals surface area (Å²) < 4.78 is 5.63. The van der Waals surface area contributed by atoms with Crippen molar-refractivity contribution >= 4 is 17.5 Å². The van der Waals surface area contributed by atoms with Gasteiger partial charge in [-0.2, -0.15) is 0 Å². The molecule has 0 aromatic carbocycles. The van der Waals surface area contributed by atoms with Crippen molar-refractivity contribution in [1.29, 1.82) is 0 Å². The Kier molecular flexibility index (Phi) is 4.98. The molecule has 0 spiro atoms. The highest BCUT2D eigenvalue weighted by molar-refractivity contribution is 6.30. The van der Waals surface area contributed by atoms with Gasteiger partial charge in [-0.05, 0) is 33.2 Å². The number of halogens is 1. The third-order valence-corrected chi connectivity index (χ3v) is 3.04. The van der Waals surface area contributed by atoms with Crippen molar-refractivity contribution < 1.29 is 4.42 Å². The van der Waals surface area contributed by atoms with Crippen molar-refractivity contribution in [2.45, 2.75) is 13.5 Å². The Bertz CT molecular complexity index is 538. The standard InChI is InChI=1S/C14H19ClN4O/c1-11-4-5-13(20-11)10-19(7-6-18(2)3)14-16-8-12(15)9-17-14/h4-5,8-9H,6-7,10H2,1-3H3. The highest BCUT2D eigenvalue weighted by atomic mass is 35.5. The zero-order valence-corrected chi connectivity index (χ0v) is 12.8. The molecule has 0 bridgehead atoms. The lowest BCUT2D eigenvalue weighted by Crippen LogP contribution is -2.32. The molecular weight excluding hydrogens is 276 g/mol. The van der Waals surface area contributed by atoms with Crippen LogP contribution in [0.25, 0.3) is 0 Å². The van der Waals surface area contributed by atoms with Crippen LogP contribution in [0.1, 0.15) is 11.5 Å². The van der Waals surface area contributed by atoms with Crippen molar-refractivity contribution in [2.24, 2.45) is 0 Å². The van der Waals surface area contributed by atoms with Crippen molar-refractivity contribution in [3.8, 4) is 0 Å². The number of rotatable bonds is 6. The van der Waals surface area contributed by atoms with E-state index in [0.29, 0.717) is 17.5 Å². The second kappa shape index (κ2) is 6.72. The normalized spacial score (nSPS) is 11.1. The van der Waals surface area contributed by atoms with Crippen LogP contribution < -0.4 is 4.90 Å². The van der Waals surface area contributed by atoms with Gasteiger partial charge < -0.3 is 14.2 Å². The fourth-order valence-corrected chi connectivity index (χ4v) is 1.90. The number of anilines is 1. The van der Waals surface area contributed by atoms with E-state index in [0.717, 1.165) is 24.6 Å². The smallest absolute Gasteiger partial charge is 0.225 e. The second-order valence-corrected chi connectivity index (χ2v) is 5.37. The van der Waals surface area contributed by atoms with Crippen molar-refractivity contribution in [2.75, 3.05) is 32.1 Å². The lowest BCUT2D eigenvalue weighted by molar-refractivity contribution is 0.405. The fourth-order valence-electron chi connectivity index (χ4n) is 1.80. The third-order valence-electron chi connectivity index (χ3n) is 2.85. The van der Waals surface area contributed by atoms with E-state index in [1.165, 1.54) is 0 Å². The van der Waals surface area contributed by atoms with E-state index in [9.17, 15) is 0 Å². The van der Waals surface area contributed by atoms with Crippen molar-refractivity contribution in [1.82, 2.24) is 14.9 Å². The fraction of sp³-hybridized carbons (Fsp3) is 0.429. The third kappa shape index (κ3) is 4.21. The number of hydrogen-bond donors (Lipinski definition) is 0. The van der Waals surface area contributed by atoms with Crippen LogP contribution in [0.4, 0.5) is 5.95 Å². The van der Waals surface area contributed by atoms with Crippen molar-refractivity contribution in [3.05, 3.63) is 41.1 Å². The van der Waals surface area contributed by atoms with E-state index >= 15 is 0 Å². The molecule has 2 aromatic heterocycles. The zero-order valence-electron chi connectivity index (χ0n) is 12.0. The first-order chi connectivity index (χ1) is 9.54. The maximum atomic E-state index is 5.84. The van der Waals surface area contributed by atoms with Crippen LogP contribution in [-0.2, 0) is 6.54 Å². The highest BCUT2D eigenvalue weighted by Crippen LogP contribution is 2.15. The van der Waals surface area contributed by atoms with Gasteiger partial charge in [0.25, 0.3) is 0 Å². The maximum absolute atomic E-state index is 5.84. The molecule has 0 amide bonds. The monoisotopic (exact) mass is 294 g/mol. The van der Waals surface area contributed by atoms with Crippen LogP contribution >= 0.6 is 11.6 Å². The van der Waals surface area contributed by atoms with E-state index in [4.69, 9.17) is 16.0 Å². The van der Waals surface area contributed by atoms with Crippen LogP contribution in [0.2, 0.25) is 5.02 Å². The van der Waals surface area contributed by atoms with E-state index < -0.39 is 0 Å². The average molecular weight is 295 g/mol. The largest absolute Gasteiger partial charge is 0.464 e. The van der Waals surface area contributed by atoms with Crippen LogP contribution in [0.15, 0.2) is 28.9 Å². The Morgan fingerprint density at radius 2 is 1.85 bits per heavy atom. The summed E-state index contributed by atoms with van der Waals surface area (Å²) in [7, 11) is 4.08. The van der Waals surface area contributed by atoms with Gasteiger partial charge in [0.2, 0.25) is 5.95 Å². The SMILES string of the molecule is Cc1ccc(CN(CCN(C)C)c2ncc(Cl)cn2)o1. The highest BCUT2D eigenvalue weighted by Gasteiger charge is 2.12. The van der Waals surface area contributed by atoms with Gasteiger partial charge in [-0.1, -0.05) is 11.6 Å². The predicted molar refractivity (Wildman–Crippen MR) is 80.1 cm³/mol. The van der Waals surface area contributed by atoms with E-state index in [-0.39, 0.29) is 0 Å². The Labute approximate surface area is 124 Å². The van der Waals surface area contributed by atoms with Crippen LogP contribution in [-0.4, -0.2) is 42.1 Å². The van der Waals surface area contributed by atoms with Crippen molar-refractivity contribution in [3.63, 3.8) is 0 Å². The van der Waals surface area contributed by atoms with Gasteiger partial charge in [-0.25, -0.2) is 9.97 Å². The summed E-state index contributed by atoms with van der Waals surface area (Å²) >= 11 is 5.84. The topological polar surface area (TPSA) is 45.4 Å². The summed E-state index contributed by atoms with van der Waals surface area (Å²) in [6.45, 7) is 4.30. The lowest BCUT2D eigenvalue weighted by Gasteiger charge is -2.23. The summed E-state index contributed by atoms with van der Waals surface area (Å²) in [4.78, 5) is 12.8. The Morgan fingerprint density at radius 1 is 1.15 bits per heavy atom. The first-order valence-corrected chi connectivity index (χ1v) is 6.85. The number of aromatic nitrogens is 2. The predicted octanol–water partition coefficient (Wildman–Crippen LogP) is 2.60. The molecule has 0 fully saturated rings. The first kappa shape index (κ1) is 14.8. The number of likely N-dealkylation sites (N-methyl/N-ethyl adjacent to an activating group) is 1. The molecule has 0 N–H and O–H groups in total. The van der Waals surface area contributed by atoms with Gasteiger partial charge in [0.15, 0.2) is 0 Å². The Morgan fingerprint density at radius 3 is 2.40 bits per heavy atom. The molecular formula is C14H19ClN4O. The molecule has 0 aliphatic carbocycles. The summed E-state index contributed by atoms with van der Waals surface area (Å²) in [5, 5.41) is 0.537. The molecule has 20 heavy (non-hydrogen) atoms. The molecule has 6 heteroatoms. The number of nitrogens with zero attached hydrogens (tertiary/aromatic N) is 4. The number of furan rings is 1. The summed E-state index contributed by atoms with van der Waals surface area (Å²) in [6, 6.07) is 3.94. The molecule has 2 heterocycles. The van der Waals surface area contributed by atoms with Crippen LogP contribution in [0.3, 0.4) is 0 Å². The molecule has 0 unspecified atom stereocenters. The van der Waals surface area contributed by atoms with E-state index in [2.05, 4.69) is 19.8 Å². The van der Waals surface area contributed by atoms with Gasteiger partial charge >= 0.3 is 0 Å². The van der Waals surface area contributed by atoms with Gasteiger partial charge in [0.05, 0.1) is 24.0 Å². The van der Waals surface area contributed by atoms with Gasteiger partial charge in [-0.3, -0.25) is 0 Å². The molecule has 2 aromatic rings. The number of hydrogen-bond acceptors (Lipinski definition) is 5. The van der Waals surface area contributed by atoms with Gasteiger partial charge in [0, 0.05) is 13.1 Å². The molecule has 108 valence electrons. The Balaban J connectivity index is 2.13. The minimum Gasteiger partial charge on any atom is -0.464 e. The molecule has 0 radical (unpaired) electrons.